The van der Waals surface area contributed by atoms with E-state index in [0.717, 1.165) is 0 Å². The minimum absolute atomic E-state index is 0.117. The highest BCUT2D eigenvalue weighted by Crippen LogP contribution is 2.32. The largest absolute Gasteiger partial charge is 0.394 e. The molecule has 2 unspecified atom stereocenters. The third kappa shape index (κ3) is 3.18. The normalized spacial score (nSPS) is 25.5. The summed E-state index contributed by atoms with van der Waals surface area (Å²) >= 11 is 0. The molecule has 2 N–H and O–H groups in total. The summed E-state index contributed by atoms with van der Waals surface area (Å²) < 4.78 is 6.97. The zero-order valence-electron chi connectivity index (χ0n) is 11.5. The van der Waals surface area contributed by atoms with E-state index in [2.05, 4.69) is 16.8 Å². The number of rotatable bonds is 2. The monoisotopic (exact) mass is 278 g/mol. The summed E-state index contributed by atoms with van der Waals surface area (Å²) in [6.45, 7) is 3.84. The summed E-state index contributed by atoms with van der Waals surface area (Å²) in [6.07, 6.45) is 1.04. The summed E-state index contributed by atoms with van der Waals surface area (Å²) in [5, 5.41) is 9.22. The van der Waals surface area contributed by atoms with E-state index in [0.29, 0.717) is 6.42 Å². The maximum absolute atomic E-state index is 11.8. The molecule has 6 nitrogen and oxygen atoms in total. The van der Waals surface area contributed by atoms with Gasteiger partial charge in [0, 0.05) is 18.2 Å². The Balaban J connectivity index is 2.34. The molecule has 2 rings (SSSR count). The summed E-state index contributed by atoms with van der Waals surface area (Å²) in [6, 6.07) is 1.27. The fraction of sp³-hybridized carbons (Fsp3) is 0.571. The number of hydrogen-bond acceptors (Lipinski definition) is 4. The van der Waals surface area contributed by atoms with Gasteiger partial charge in [-0.2, -0.15) is 0 Å². The molecule has 1 aromatic rings. The molecule has 0 bridgehead atoms. The molecular weight excluding hydrogens is 260 g/mol. The first-order valence-electron chi connectivity index (χ1n) is 6.60. The van der Waals surface area contributed by atoms with Gasteiger partial charge in [0.05, 0.1) is 18.6 Å². The van der Waals surface area contributed by atoms with E-state index in [1.807, 2.05) is 13.8 Å². The van der Waals surface area contributed by atoms with Crippen molar-refractivity contribution in [3.8, 4) is 11.8 Å². The molecule has 20 heavy (non-hydrogen) atoms. The van der Waals surface area contributed by atoms with Crippen molar-refractivity contribution in [3.63, 3.8) is 0 Å². The predicted molar refractivity (Wildman–Crippen MR) is 73.0 cm³/mol. The van der Waals surface area contributed by atoms with E-state index in [9.17, 15) is 14.7 Å². The SMILES string of the molecule is CC(C)C#C[C@H]1CC(CO)OC1n1ccc(=O)[nH]c1=O. The maximum atomic E-state index is 11.8. The van der Waals surface area contributed by atoms with Crippen LogP contribution in [-0.4, -0.2) is 27.4 Å². The van der Waals surface area contributed by atoms with Gasteiger partial charge in [-0.3, -0.25) is 14.3 Å². The molecule has 0 saturated carbocycles. The van der Waals surface area contributed by atoms with Crippen LogP contribution in [0.2, 0.25) is 0 Å². The van der Waals surface area contributed by atoms with Crippen LogP contribution in [0.5, 0.6) is 0 Å². The van der Waals surface area contributed by atoms with E-state index >= 15 is 0 Å². The summed E-state index contributed by atoms with van der Waals surface area (Å²) in [4.78, 5) is 25.1. The molecule has 1 aliphatic rings. The molecule has 0 amide bonds. The van der Waals surface area contributed by atoms with Gasteiger partial charge in [-0.25, -0.2) is 4.79 Å². The van der Waals surface area contributed by atoms with Crippen LogP contribution in [0.15, 0.2) is 21.9 Å². The smallest absolute Gasteiger partial charge is 0.330 e. The van der Waals surface area contributed by atoms with Gasteiger partial charge in [-0.15, -0.1) is 5.92 Å². The molecule has 1 aromatic heterocycles. The van der Waals surface area contributed by atoms with Crippen molar-refractivity contribution < 1.29 is 9.84 Å². The van der Waals surface area contributed by atoms with Crippen LogP contribution in [0.3, 0.4) is 0 Å². The summed E-state index contributed by atoms with van der Waals surface area (Å²) in [5.74, 6) is 6.20. The molecule has 1 saturated heterocycles. The molecule has 0 aromatic carbocycles. The third-order valence-electron chi connectivity index (χ3n) is 3.08. The van der Waals surface area contributed by atoms with Crippen LogP contribution in [-0.2, 0) is 4.74 Å². The second-order valence-electron chi connectivity index (χ2n) is 5.13. The number of nitrogens with zero attached hydrogens (tertiary/aromatic N) is 1. The van der Waals surface area contributed by atoms with Gasteiger partial charge in [-0.1, -0.05) is 19.8 Å². The van der Waals surface area contributed by atoms with Crippen molar-refractivity contribution in [2.75, 3.05) is 6.61 Å². The lowest BCUT2D eigenvalue weighted by Gasteiger charge is -2.17. The molecule has 108 valence electrons. The van der Waals surface area contributed by atoms with Crippen molar-refractivity contribution in [1.29, 1.82) is 0 Å². The number of aliphatic hydroxyl groups excluding tert-OH is 1. The lowest BCUT2D eigenvalue weighted by molar-refractivity contribution is -0.0304. The zero-order chi connectivity index (χ0) is 14.7. The molecule has 6 heteroatoms. The van der Waals surface area contributed by atoms with Crippen LogP contribution in [0.25, 0.3) is 0 Å². The number of ether oxygens (including phenoxy) is 1. The topological polar surface area (TPSA) is 84.3 Å². The maximum Gasteiger partial charge on any atom is 0.330 e. The number of aliphatic hydroxyl groups is 1. The highest BCUT2D eigenvalue weighted by molar-refractivity contribution is 5.09. The van der Waals surface area contributed by atoms with Crippen molar-refractivity contribution in [2.45, 2.75) is 32.6 Å². The number of hydrogen-bond donors (Lipinski definition) is 2. The van der Waals surface area contributed by atoms with E-state index in [-0.39, 0.29) is 24.5 Å². The standard InChI is InChI=1S/C14H18N2O4/c1-9(2)3-4-10-7-11(8-17)20-13(10)16-6-5-12(18)15-14(16)19/h5-6,9-11,13,17H,7-8H2,1-2H3,(H,15,18,19)/t10-,11?,13?/m0/s1. The van der Waals surface area contributed by atoms with E-state index in [1.165, 1.54) is 16.8 Å². The molecule has 2 heterocycles. The van der Waals surface area contributed by atoms with Crippen molar-refractivity contribution in [2.24, 2.45) is 11.8 Å². The van der Waals surface area contributed by atoms with Crippen molar-refractivity contribution in [1.82, 2.24) is 9.55 Å². The van der Waals surface area contributed by atoms with E-state index in [4.69, 9.17) is 4.74 Å². The number of nitrogens with one attached hydrogen (secondary N) is 1. The number of aromatic nitrogens is 2. The molecule has 1 aliphatic heterocycles. The lowest BCUT2D eigenvalue weighted by atomic mass is 10.0. The fourth-order valence-corrected chi connectivity index (χ4v) is 2.16. The van der Waals surface area contributed by atoms with Crippen LogP contribution in [0, 0.1) is 23.7 Å². The molecule has 0 radical (unpaired) electrons. The Bertz CT molecular complexity index is 635. The van der Waals surface area contributed by atoms with Gasteiger partial charge in [0.1, 0.15) is 0 Å². The Morgan fingerprint density at radius 2 is 2.30 bits per heavy atom. The van der Waals surface area contributed by atoms with Gasteiger partial charge in [0.25, 0.3) is 5.56 Å². The lowest BCUT2D eigenvalue weighted by Crippen LogP contribution is -2.33. The molecule has 1 fully saturated rings. The van der Waals surface area contributed by atoms with E-state index in [1.54, 1.807) is 0 Å². The van der Waals surface area contributed by atoms with Crippen molar-refractivity contribution in [3.05, 3.63) is 33.1 Å². The first-order chi connectivity index (χ1) is 9.51. The minimum atomic E-state index is -0.581. The Morgan fingerprint density at radius 3 is 2.90 bits per heavy atom. The average Bonchev–Trinajstić information content (AvgIpc) is 2.79. The highest BCUT2D eigenvalue weighted by atomic mass is 16.5. The van der Waals surface area contributed by atoms with Gasteiger partial charge in [0.15, 0.2) is 6.23 Å². The van der Waals surface area contributed by atoms with Gasteiger partial charge in [-0.05, 0) is 6.42 Å². The average molecular weight is 278 g/mol. The van der Waals surface area contributed by atoms with E-state index < -0.39 is 17.5 Å². The molecule has 0 aliphatic carbocycles. The Hall–Kier alpha value is -1.84. The summed E-state index contributed by atoms with van der Waals surface area (Å²) in [5.41, 5.74) is -0.981. The summed E-state index contributed by atoms with van der Waals surface area (Å²) in [7, 11) is 0. The molecule has 3 atom stereocenters. The highest BCUT2D eigenvalue weighted by Gasteiger charge is 2.35. The predicted octanol–water partition coefficient (Wildman–Crippen LogP) is 0.0920. The van der Waals surface area contributed by atoms with Gasteiger partial charge < -0.3 is 9.84 Å². The first-order valence-corrected chi connectivity index (χ1v) is 6.60. The Labute approximate surface area is 116 Å². The second kappa shape index (κ2) is 6.07. The first kappa shape index (κ1) is 14.6. The Morgan fingerprint density at radius 1 is 1.55 bits per heavy atom. The van der Waals surface area contributed by atoms with Crippen LogP contribution in [0.1, 0.15) is 26.5 Å². The quantitative estimate of drug-likeness (QED) is 0.751. The van der Waals surface area contributed by atoms with Gasteiger partial charge >= 0.3 is 5.69 Å². The molecular formula is C14H18N2O4. The van der Waals surface area contributed by atoms with Gasteiger partial charge in [0.2, 0.25) is 0 Å². The van der Waals surface area contributed by atoms with Crippen LogP contribution >= 0.6 is 0 Å². The van der Waals surface area contributed by atoms with Crippen molar-refractivity contribution >= 4 is 0 Å². The minimum Gasteiger partial charge on any atom is -0.394 e. The molecule has 0 spiro atoms. The zero-order valence-corrected chi connectivity index (χ0v) is 11.5. The van der Waals surface area contributed by atoms with Crippen LogP contribution in [0.4, 0.5) is 0 Å². The Kier molecular flexibility index (Phi) is 4.42. The second-order valence-corrected chi connectivity index (χ2v) is 5.13. The number of aromatic amines is 1. The third-order valence-corrected chi connectivity index (χ3v) is 3.08. The number of H-pyrrole nitrogens is 1. The van der Waals surface area contributed by atoms with Crippen LogP contribution < -0.4 is 11.2 Å². The fourth-order valence-electron chi connectivity index (χ4n) is 2.16.